The fourth-order valence-electron chi connectivity index (χ4n) is 7.44. The van der Waals surface area contributed by atoms with Crippen molar-refractivity contribution in [3.63, 3.8) is 0 Å². The maximum Gasteiger partial charge on any atom is 0.0579 e. The molecule has 3 aliphatic carbocycles. The lowest BCUT2D eigenvalue weighted by atomic mass is 9.81. The number of allylic oxidation sites excluding steroid dienone is 7. The van der Waals surface area contributed by atoms with E-state index in [1.54, 1.807) is 11.1 Å². The van der Waals surface area contributed by atoms with Crippen molar-refractivity contribution in [1.29, 1.82) is 0 Å². The molecule has 3 aliphatic rings. The van der Waals surface area contributed by atoms with Gasteiger partial charge >= 0.3 is 0 Å². The van der Waals surface area contributed by atoms with Gasteiger partial charge in [-0.2, -0.15) is 0 Å². The van der Waals surface area contributed by atoms with Crippen LogP contribution in [0.25, 0.3) is 44.1 Å². The van der Waals surface area contributed by atoms with Gasteiger partial charge in [0.05, 0.1) is 11.6 Å². The van der Waals surface area contributed by atoms with Crippen molar-refractivity contribution in [1.82, 2.24) is 4.57 Å². The van der Waals surface area contributed by atoms with E-state index in [0.29, 0.717) is 12.0 Å². The van der Waals surface area contributed by atoms with Crippen LogP contribution in [0.3, 0.4) is 0 Å². The standard InChI is InChI=1S/C38H33N/c1-3-11-26(12-4-1)28-19-22-30(23-20-28)39-36-25-29(27-13-5-2-6-14-27)21-24-35(36)37-33-17-9-7-15-31(33)32-16-8-10-18-34(32)38(37)39/h1-5,7-12,15-20,22,25,27,30H,6,13-14,21,23-24H2. The molecule has 190 valence electrons. The zero-order chi connectivity index (χ0) is 25.8. The summed E-state index contributed by atoms with van der Waals surface area (Å²) in [5.74, 6) is 0.689. The molecule has 39 heavy (non-hydrogen) atoms. The highest BCUT2D eigenvalue weighted by molar-refractivity contribution is 6.26. The van der Waals surface area contributed by atoms with Gasteiger partial charge in [-0.15, -0.1) is 0 Å². The molecule has 0 saturated heterocycles. The van der Waals surface area contributed by atoms with Crippen molar-refractivity contribution in [3.05, 3.63) is 132 Å². The number of fused-ring (bicyclic) bond motifs is 8. The van der Waals surface area contributed by atoms with Crippen LogP contribution in [0.15, 0.2) is 115 Å². The summed E-state index contributed by atoms with van der Waals surface area (Å²) in [5, 5.41) is 6.99. The first-order valence-electron chi connectivity index (χ1n) is 14.6. The van der Waals surface area contributed by atoms with Crippen LogP contribution in [0.2, 0.25) is 0 Å². The fraction of sp³-hybridized carbons (Fsp3) is 0.211. The summed E-state index contributed by atoms with van der Waals surface area (Å²) in [6, 6.07) is 29.2. The molecule has 0 N–H and O–H groups in total. The molecule has 8 rings (SSSR count). The summed E-state index contributed by atoms with van der Waals surface area (Å²) in [6.45, 7) is 0. The van der Waals surface area contributed by atoms with Gasteiger partial charge in [0.15, 0.2) is 0 Å². The second kappa shape index (κ2) is 9.27. The molecular formula is C38H33N. The van der Waals surface area contributed by atoms with Crippen molar-refractivity contribution >= 4 is 44.1 Å². The molecule has 0 amide bonds. The predicted octanol–water partition coefficient (Wildman–Crippen LogP) is 10.2. The summed E-state index contributed by atoms with van der Waals surface area (Å²) < 4.78 is 2.71. The van der Waals surface area contributed by atoms with Gasteiger partial charge in [0.25, 0.3) is 0 Å². The summed E-state index contributed by atoms with van der Waals surface area (Å²) in [7, 11) is 0. The van der Waals surface area contributed by atoms with E-state index < -0.39 is 0 Å². The van der Waals surface area contributed by atoms with Crippen LogP contribution in [-0.2, 0) is 6.42 Å². The fourth-order valence-corrected chi connectivity index (χ4v) is 7.44. The summed E-state index contributed by atoms with van der Waals surface area (Å²) in [6.07, 6.45) is 21.7. The first kappa shape index (κ1) is 22.8. The molecule has 1 aromatic heterocycles. The van der Waals surface area contributed by atoms with Gasteiger partial charge < -0.3 is 4.57 Å². The number of benzene rings is 4. The Balaban J connectivity index is 1.39. The predicted molar refractivity (Wildman–Crippen MR) is 167 cm³/mol. The van der Waals surface area contributed by atoms with Gasteiger partial charge in [-0.1, -0.05) is 115 Å². The van der Waals surface area contributed by atoms with Crippen molar-refractivity contribution in [2.45, 2.75) is 44.6 Å². The first-order valence-corrected chi connectivity index (χ1v) is 14.6. The number of aromatic nitrogens is 1. The zero-order valence-electron chi connectivity index (χ0n) is 22.3. The SMILES string of the molecule is C1=CCC(C2=Cc3c(c4c5ccccc5c5ccccc5c4n3C3C=CC(c4ccccc4)=CC3)CC2)CC1. The van der Waals surface area contributed by atoms with Gasteiger partial charge in [-0.05, 0) is 83.4 Å². The van der Waals surface area contributed by atoms with E-state index in [1.165, 1.54) is 75.0 Å². The zero-order valence-corrected chi connectivity index (χ0v) is 22.3. The average Bonchev–Trinajstić information content (AvgIpc) is 3.37. The Morgan fingerprint density at radius 2 is 1.44 bits per heavy atom. The van der Waals surface area contributed by atoms with E-state index in [-0.39, 0.29) is 0 Å². The minimum absolute atomic E-state index is 0.301. The van der Waals surface area contributed by atoms with Crippen LogP contribution in [0.4, 0.5) is 0 Å². The molecule has 0 saturated carbocycles. The molecule has 0 bridgehead atoms. The van der Waals surface area contributed by atoms with Crippen molar-refractivity contribution in [2.24, 2.45) is 5.92 Å². The van der Waals surface area contributed by atoms with Crippen LogP contribution in [0.1, 0.15) is 55.0 Å². The minimum atomic E-state index is 0.301. The molecule has 4 aromatic carbocycles. The molecule has 0 radical (unpaired) electrons. The Bertz CT molecular complexity index is 1860. The lowest BCUT2D eigenvalue weighted by Crippen LogP contribution is -2.14. The average molecular weight is 504 g/mol. The van der Waals surface area contributed by atoms with Gasteiger partial charge in [0, 0.05) is 16.5 Å². The molecule has 2 unspecified atom stereocenters. The quantitative estimate of drug-likeness (QED) is 0.170. The molecule has 2 atom stereocenters. The van der Waals surface area contributed by atoms with Gasteiger partial charge in [0.2, 0.25) is 0 Å². The van der Waals surface area contributed by atoms with Gasteiger partial charge in [0.1, 0.15) is 0 Å². The highest BCUT2D eigenvalue weighted by Crippen LogP contribution is 2.46. The first-order chi connectivity index (χ1) is 19.4. The molecular weight excluding hydrogens is 470 g/mol. The minimum Gasteiger partial charge on any atom is -0.333 e. The van der Waals surface area contributed by atoms with Crippen LogP contribution in [0, 0.1) is 5.92 Å². The van der Waals surface area contributed by atoms with Gasteiger partial charge in [-0.25, -0.2) is 0 Å². The molecule has 0 spiro atoms. The topological polar surface area (TPSA) is 4.93 Å². The van der Waals surface area contributed by atoms with Crippen LogP contribution < -0.4 is 0 Å². The second-order valence-corrected chi connectivity index (χ2v) is 11.4. The van der Waals surface area contributed by atoms with E-state index in [1.807, 2.05) is 0 Å². The Hall–Kier alpha value is -4.10. The summed E-state index contributed by atoms with van der Waals surface area (Å²) in [5.41, 5.74) is 8.71. The number of aryl methyl sites for hydroxylation is 1. The molecule has 5 aromatic rings. The third-order valence-corrected chi connectivity index (χ3v) is 9.31. The van der Waals surface area contributed by atoms with Crippen molar-refractivity contribution in [3.8, 4) is 0 Å². The Morgan fingerprint density at radius 1 is 0.692 bits per heavy atom. The monoisotopic (exact) mass is 503 g/mol. The van der Waals surface area contributed by atoms with E-state index in [0.717, 1.165) is 12.8 Å². The summed E-state index contributed by atoms with van der Waals surface area (Å²) >= 11 is 0. The maximum atomic E-state index is 2.71. The molecule has 1 heterocycles. The van der Waals surface area contributed by atoms with Crippen LogP contribution in [-0.4, -0.2) is 4.57 Å². The molecule has 0 aliphatic heterocycles. The number of nitrogens with zero attached hydrogens (tertiary/aromatic N) is 1. The number of hydrogen-bond donors (Lipinski definition) is 0. The second-order valence-electron chi connectivity index (χ2n) is 11.4. The van der Waals surface area contributed by atoms with Crippen LogP contribution >= 0.6 is 0 Å². The lowest BCUT2D eigenvalue weighted by Gasteiger charge is -2.27. The van der Waals surface area contributed by atoms with Crippen LogP contribution in [0.5, 0.6) is 0 Å². The molecule has 1 nitrogen and oxygen atoms in total. The Kier molecular flexibility index (Phi) is 5.43. The largest absolute Gasteiger partial charge is 0.333 e. The highest BCUT2D eigenvalue weighted by atomic mass is 15.0. The third-order valence-electron chi connectivity index (χ3n) is 9.31. The molecule has 1 heteroatoms. The van der Waals surface area contributed by atoms with E-state index in [2.05, 4.69) is 120 Å². The third kappa shape index (κ3) is 3.67. The van der Waals surface area contributed by atoms with E-state index in [9.17, 15) is 0 Å². The van der Waals surface area contributed by atoms with E-state index in [4.69, 9.17) is 0 Å². The van der Waals surface area contributed by atoms with Crippen molar-refractivity contribution in [2.75, 3.05) is 0 Å². The maximum absolute atomic E-state index is 2.71. The number of hydrogen-bond acceptors (Lipinski definition) is 0. The van der Waals surface area contributed by atoms with Crippen molar-refractivity contribution < 1.29 is 0 Å². The normalized spacial score (nSPS) is 20.8. The smallest absolute Gasteiger partial charge is 0.0579 e. The molecule has 0 fully saturated rings. The van der Waals surface area contributed by atoms with Gasteiger partial charge in [-0.3, -0.25) is 0 Å². The number of rotatable bonds is 3. The highest BCUT2D eigenvalue weighted by Gasteiger charge is 2.29. The van der Waals surface area contributed by atoms with E-state index >= 15 is 0 Å². The Labute approximate surface area is 230 Å². The summed E-state index contributed by atoms with van der Waals surface area (Å²) in [4.78, 5) is 0. The lowest BCUT2D eigenvalue weighted by molar-refractivity contribution is 0.532. The Morgan fingerprint density at radius 3 is 2.18 bits per heavy atom.